The Morgan fingerprint density at radius 1 is 1.12 bits per heavy atom. The summed E-state index contributed by atoms with van der Waals surface area (Å²) in [5.74, 6) is 0.241. The Kier molecular flexibility index (Phi) is 7.62. The molecule has 178 valence electrons. The summed E-state index contributed by atoms with van der Waals surface area (Å²) in [6, 6.07) is 15.4. The Bertz CT molecular complexity index is 1120. The molecule has 2 aromatic carbocycles. The Morgan fingerprint density at radius 2 is 1.88 bits per heavy atom. The van der Waals surface area contributed by atoms with Crippen LogP contribution in [-0.4, -0.2) is 34.9 Å². The molecule has 1 fully saturated rings. The number of aryl methyl sites for hydroxylation is 1. The minimum absolute atomic E-state index is 0.0346. The zero-order valence-electron chi connectivity index (χ0n) is 19.9. The van der Waals surface area contributed by atoms with Gasteiger partial charge in [0.2, 0.25) is 5.91 Å². The third-order valence-electron chi connectivity index (χ3n) is 6.40. The van der Waals surface area contributed by atoms with Gasteiger partial charge in [-0.25, -0.2) is 4.98 Å². The zero-order valence-corrected chi connectivity index (χ0v) is 19.9. The van der Waals surface area contributed by atoms with Crippen LogP contribution in [-0.2, 0) is 11.3 Å². The monoisotopic (exact) mass is 459 g/mol. The van der Waals surface area contributed by atoms with Gasteiger partial charge in [-0.1, -0.05) is 37.3 Å². The quantitative estimate of drug-likeness (QED) is 0.453. The van der Waals surface area contributed by atoms with Crippen molar-refractivity contribution < 1.29 is 9.59 Å². The van der Waals surface area contributed by atoms with E-state index >= 15 is 0 Å². The summed E-state index contributed by atoms with van der Waals surface area (Å²) < 4.78 is 0. The molecule has 0 unspecified atom stereocenters. The van der Waals surface area contributed by atoms with Crippen LogP contribution in [0, 0.1) is 6.92 Å². The molecule has 34 heavy (non-hydrogen) atoms. The minimum atomic E-state index is -0.158. The van der Waals surface area contributed by atoms with Gasteiger partial charge in [0.05, 0.1) is 23.4 Å². The van der Waals surface area contributed by atoms with E-state index in [0.29, 0.717) is 30.1 Å². The van der Waals surface area contributed by atoms with E-state index in [1.807, 2.05) is 49.4 Å². The van der Waals surface area contributed by atoms with Gasteiger partial charge in [-0.2, -0.15) is 0 Å². The van der Waals surface area contributed by atoms with Crippen molar-refractivity contribution in [1.29, 1.82) is 0 Å². The molecule has 1 aliphatic rings. The van der Waals surface area contributed by atoms with Gasteiger partial charge in [0.15, 0.2) is 0 Å². The number of hydrogen-bond acceptors (Lipinski definition) is 4. The van der Waals surface area contributed by atoms with Crippen LogP contribution in [0.3, 0.4) is 0 Å². The standard InChI is InChI=1S/C27H33N5O2/c1-3-7-25(33)31-23-16-22(27(34)28-17-20-8-5-4-6-9-20)10-11-24(23)32-14-12-21(13-15-32)26-19(2)29-18-30-26/h4-6,8-11,16,18,21H,3,7,12-15,17H2,1-2H3,(H,28,34)(H,29,30)(H,31,33). The summed E-state index contributed by atoms with van der Waals surface area (Å²) in [6.45, 7) is 6.24. The van der Waals surface area contributed by atoms with Crippen LogP contribution >= 0.6 is 0 Å². The van der Waals surface area contributed by atoms with Gasteiger partial charge in [-0.15, -0.1) is 0 Å². The van der Waals surface area contributed by atoms with E-state index in [4.69, 9.17) is 0 Å². The second-order valence-corrected chi connectivity index (χ2v) is 8.87. The van der Waals surface area contributed by atoms with Crippen LogP contribution in [0.2, 0.25) is 0 Å². The van der Waals surface area contributed by atoms with Gasteiger partial charge in [-0.05, 0) is 49.9 Å². The summed E-state index contributed by atoms with van der Waals surface area (Å²) in [6.07, 6.45) is 4.97. The third-order valence-corrected chi connectivity index (χ3v) is 6.40. The van der Waals surface area contributed by atoms with Crippen molar-refractivity contribution in [1.82, 2.24) is 15.3 Å². The number of amides is 2. The lowest BCUT2D eigenvalue weighted by Crippen LogP contribution is -2.34. The first-order valence-corrected chi connectivity index (χ1v) is 12.1. The summed E-state index contributed by atoms with van der Waals surface area (Å²) in [5.41, 5.74) is 5.52. The van der Waals surface area contributed by atoms with Crippen LogP contribution in [0.1, 0.15) is 65.8 Å². The van der Waals surface area contributed by atoms with Crippen molar-refractivity contribution in [3.8, 4) is 0 Å². The molecule has 3 N–H and O–H groups in total. The number of imidazole rings is 1. The van der Waals surface area contributed by atoms with E-state index in [9.17, 15) is 9.59 Å². The summed E-state index contributed by atoms with van der Waals surface area (Å²) in [4.78, 5) is 35.3. The van der Waals surface area contributed by atoms with Crippen molar-refractivity contribution in [2.75, 3.05) is 23.3 Å². The SMILES string of the molecule is CCCC(=O)Nc1cc(C(=O)NCc2ccccc2)ccc1N1CCC(c2nc[nH]c2C)CC1. The van der Waals surface area contributed by atoms with E-state index in [2.05, 4.69) is 32.4 Å². The van der Waals surface area contributed by atoms with Gasteiger partial charge in [0, 0.05) is 43.2 Å². The molecule has 0 spiro atoms. The number of nitrogens with one attached hydrogen (secondary N) is 3. The number of carbonyl (C=O) groups excluding carboxylic acids is 2. The number of hydrogen-bond donors (Lipinski definition) is 3. The first-order valence-electron chi connectivity index (χ1n) is 12.1. The molecule has 0 aliphatic carbocycles. The van der Waals surface area contributed by atoms with E-state index in [1.54, 1.807) is 12.4 Å². The Balaban J connectivity index is 1.49. The predicted molar refractivity (Wildman–Crippen MR) is 135 cm³/mol. The normalized spacial score (nSPS) is 14.1. The fraction of sp³-hybridized carbons (Fsp3) is 0.370. The highest BCUT2D eigenvalue weighted by molar-refractivity contribution is 6.00. The molecule has 0 radical (unpaired) electrons. The van der Waals surface area contributed by atoms with Crippen LogP contribution < -0.4 is 15.5 Å². The molecule has 1 aliphatic heterocycles. The highest BCUT2D eigenvalue weighted by Crippen LogP contribution is 2.34. The van der Waals surface area contributed by atoms with E-state index in [0.717, 1.165) is 55.0 Å². The molecule has 0 bridgehead atoms. The Hall–Kier alpha value is -3.61. The number of benzene rings is 2. The number of anilines is 2. The maximum Gasteiger partial charge on any atom is 0.251 e. The Labute approximate surface area is 201 Å². The van der Waals surface area contributed by atoms with Crippen molar-refractivity contribution in [3.63, 3.8) is 0 Å². The zero-order chi connectivity index (χ0) is 23.9. The number of piperidine rings is 1. The Morgan fingerprint density at radius 3 is 2.56 bits per heavy atom. The number of nitrogens with zero attached hydrogens (tertiary/aromatic N) is 2. The summed E-state index contributed by atoms with van der Waals surface area (Å²) in [5, 5.41) is 6.02. The van der Waals surface area contributed by atoms with Crippen molar-refractivity contribution in [2.24, 2.45) is 0 Å². The number of aromatic nitrogens is 2. The molecule has 1 aromatic heterocycles. The predicted octanol–water partition coefficient (Wildman–Crippen LogP) is 4.77. The van der Waals surface area contributed by atoms with Crippen LogP contribution in [0.25, 0.3) is 0 Å². The minimum Gasteiger partial charge on any atom is -0.370 e. The van der Waals surface area contributed by atoms with Crippen LogP contribution in [0.5, 0.6) is 0 Å². The van der Waals surface area contributed by atoms with Gasteiger partial charge >= 0.3 is 0 Å². The average Bonchev–Trinajstić information content (AvgIpc) is 3.29. The van der Waals surface area contributed by atoms with E-state index in [1.165, 1.54) is 0 Å². The lowest BCUT2D eigenvalue weighted by molar-refractivity contribution is -0.116. The molecule has 1 saturated heterocycles. The average molecular weight is 460 g/mol. The second kappa shape index (κ2) is 11.0. The number of aromatic amines is 1. The largest absolute Gasteiger partial charge is 0.370 e. The molecule has 7 nitrogen and oxygen atoms in total. The lowest BCUT2D eigenvalue weighted by Gasteiger charge is -2.34. The third kappa shape index (κ3) is 5.65. The first-order chi connectivity index (χ1) is 16.5. The molecule has 0 atom stereocenters. The number of carbonyl (C=O) groups is 2. The number of rotatable bonds is 8. The van der Waals surface area contributed by atoms with E-state index < -0.39 is 0 Å². The molecule has 3 aromatic rings. The second-order valence-electron chi connectivity index (χ2n) is 8.87. The fourth-order valence-corrected chi connectivity index (χ4v) is 4.55. The summed E-state index contributed by atoms with van der Waals surface area (Å²) >= 11 is 0. The maximum absolute atomic E-state index is 12.8. The first kappa shape index (κ1) is 23.5. The van der Waals surface area contributed by atoms with Crippen molar-refractivity contribution in [2.45, 2.75) is 52.0 Å². The molecular formula is C27H33N5O2. The molecule has 7 heteroatoms. The highest BCUT2D eigenvalue weighted by atomic mass is 16.2. The summed E-state index contributed by atoms with van der Waals surface area (Å²) in [7, 11) is 0. The fourth-order valence-electron chi connectivity index (χ4n) is 4.55. The van der Waals surface area contributed by atoms with Gasteiger partial charge in [0.25, 0.3) is 5.91 Å². The van der Waals surface area contributed by atoms with Gasteiger partial charge in [-0.3, -0.25) is 9.59 Å². The molecule has 2 heterocycles. The van der Waals surface area contributed by atoms with E-state index in [-0.39, 0.29) is 11.8 Å². The molecule has 2 amide bonds. The van der Waals surface area contributed by atoms with Gasteiger partial charge < -0.3 is 20.5 Å². The smallest absolute Gasteiger partial charge is 0.251 e. The van der Waals surface area contributed by atoms with Gasteiger partial charge in [0.1, 0.15) is 0 Å². The van der Waals surface area contributed by atoms with Crippen LogP contribution in [0.4, 0.5) is 11.4 Å². The lowest BCUT2D eigenvalue weighted by atomic mass is 9.92. The van der Waals surface area contributed by atoms with Crippen molar-refractivity contribution in [3.05, 3.63) is 77.4 Å². The topological polar surface area (TPSA) is 90.1 Å². The molecule has 4 rings (SSSR count). The molecular weight excluding hydrogens is 426 g/mol. The number of H-pyrrole nitrogens is 1. The maximum atomic E-state index is 12.8. The highest BCUT2D eigenvalue weighted by Gasteiger charge is 2.25. The van der Waals surface area contributed by atoms with Crippen LogP contribution in [0.15, 0.2) is 54.9 Å². The molecule has 0 saturated carbocycles. The van der Waals surface area contributed by atoms with Crippen molar-refractivity contribution >= 4 is 23.2 Å².